The second-order valence-corrected chi connectivity index (χ2v) is 4.11. The van der Waals surface area contributed by atoms with Gasteiger partial charge in [0.1, 0.15) is 0 Å². The summed E-state index contributed by atoms with van der Waals surface area (Å²) in [5, 5.41) is 1.88. The van der Waals surface area contributed by atoms with Gasteiger partial charge in [-0.1, -0.05) is 23.8 Å². The molecule has 1 aromatic carbocycles. The van der Waals surface area contributed by atoms with Gasteiger partial charge in [-0.3, -0.25) is 4.98 Å². The molecule has 1 heterocycles. The summed E-state index contributed by atoms with van der Waals surface area (Å²) in [7, 11) is 0. The molecule has 0 saturated carbocycles. The van der Waals surface area contributed by atoms with Crippen LogP contribution in [0.15, 0.2) is 31.0 Å². The fourth-order valence-electron chi connectivity index (χ4n) is 1.75. The molecule has 2 aromatic rings. The highest BCUT2D eigenvalue weighted by molar-refractivity contribution is 6.32. The molecule has 0 fully saturated rings. The van der Waals surface area contributed by atoms with Crippen LogP contribution in [0.25, 0.3) is 16.5 Å². The van der Waals surface area contributed by atoms with E-state index >= 15 is 0 Å². The van der Waals surface area contributed by atoms with Crippen molar-refractivity contribution in [3.63, 3.8) is 0 Å². The molecule has 0 radical (unpaired) electrons. The monoisotopic (exact) mass is 217 g/mol. The van der Waals surface area contributed by atoms with Gasteiger partial charge in [-0.2, -0.15) is 0 Å². The number of fused-ring (bicyclic) bond motifs is 1. The van der Waals surface area contributed by atoms with Crippen molar-refractivity contribution in [3.05, 3.63) is 47.1 Å². The maximum Gasteiger partial charge on any atom is 0.0711 e. The van der Waals surface area contributed by atoms with E-state index in [1.165, 1.54) is 0 Å². The van der Waals surface area contributed by atoms with Crippen molar-refractivity contribution in [2.24, 2.45) is 0 Å². The van der Waals surface area contributed by atoms with E-state index in [2.05, 4.69) is 11.6 Å². The number of nitrogens with zero attached hydrogens (tertiary/aromatic N) is 1. The molecule has 2 rings (SSSR count). The number of hydrogen-bond acceptors (Lipinski definition) is 1. The SMILES string of the molecule is C=C(C)c1ccnc2ccc(Cl)c(C)c12. The molecular formula is C13H12ClN. The van der Waals surface area contributed by atoms with Gasteiger partial charge in [0.2, 0.25) is 0 Å². The molecule has 15 heavy (non-hydrogen) atoms. The Labute approximate surface area is 94.4 Å². The normalized spacial score (nSPS) is 10.6. The molecular weight excluding hydrogens is 206 g/mol. The average Bonchev–Trinajstić information content (AvgIpc) is 2.23. The van der Waals surface area contributed by atoms with Crippen LogP contribution in [0.2, 0.25) is 5.02 Å². The number of pyridine rings is 1. The van der Waals surface area contributed by atoms with Crippen molar-refractivity contribution in [2.45, 2.75) is 13.8 Å². The molecule has 0 spiro atoms. The summed E-state index contributed by atoms with van der Waals surface area (Å²) in [5.41, 5.74) is 4.20. The van der Waals surface area contributed by atoms with Crippen LogP contribution in [-0.4, -0.2) is 4.98 Å². The van der Waals surface area contributed by atoms with Gasteiger partial charge in [-0.25, -0.2) is 0 Å². The zero-order chi connectivity index (χ0) is 11.0. The molecule has 0 bridgehead atoms. The van der Waals surface area contributed by atoms with Crippen LogP contribution in [0.1, 0.15) is 18.1 Å². The molecule has 0 atom stereocenters. The first kappa shape index (κ1) is 10.2. The first-order valence-electron chi connectivity index (χ1n) is 4.81. The topological polar surface area (TPSA) is 12.9 Å². The van der Waals surface area contributed by atoms with Gasteiger partial charge in [0.25, 0.3) is 0 Å². The summed E-state index contributed by atoms with van der Waals surface area (Å²) in [5.74, 6) is 0. The fraction of sp³-hybridized carbons (Fsp3) is 0.154. The van der Waals surface area contributed by atoms with E-state index in [4.69, 9.17) is 11.6 Å². The van der Waals surface area contributed by atoms with Crippen LogP contribution in [-0.2, 0) is 0 Å². The van der Waals surface area contributed by atoms with E-state index in [0.29, 0.717) is 0 Å². The van der Waals surface area contributed by atoms with E-state index in [0.717, 1.165) is 32.6 Å². The summed E-state index contributed by atoms with van der Waals surface area (Å²) in [4.78, 5) is 4.33. The largest absolute Gasteiger partial charge is 0.256 e. The predicted molar refractivity (Wildman–Crippen MR) is 66.2 cm³/mol. The molecule has 0 saturated heterocycles. The van der Waals surface area contributed by atoms with Crippen molar-refractivity contribution in [2.75, 3.05) is 0 Å². The summed E-state index contributed by atoms with van der Waals surface area (Å²) in [6, 6.07) is 5.81. The molecule has 1 nitrogen and oxygen atoms in total. The lowest BCUT2D eigenvalue weighted by molar-refractivity contribution is 1.37. The number of halogens is 1. The van der Waals surface area contributed by atoms with Gasteiger partial charge in [-0.05, 0) is 43.2 Å². The van der Waals surface area contributed by atoms with Crippen molar-refractivity contribution in [1.29, 1.82) is 0 Å². The Bertz CT molecular complexity index is 543. The highest BCUT2D eigenvalue weighted by Gasteiger charge is 2.07. The number of benzene rings is 1. The smallest absolute Gasteiger partial charge is 0.0711 e. The number of aromatic nitrogens is 1. The highest BCUT2D eigenvalue weighted by atomic mass is 35.5. The Morgan fingerprint density at radius 3 is 2.73 bits per heavy atom. The van der Waals surface area contributed by atoms with E-state index in [1.807, 2.05) is 32.0 Å². The Morgan fingerprint density at radius 2 is 2.07 bits per heavy atom. The lowest BCUT2D eigenvalue weighted by Gasteiger charge is -2.09. The zero-order valence-corrected chi connectivity index (χ0v) is 9.60. The molecule has 0 aliphatic rings. The summed E-state index contributed by atoms with van der Waals surface area (Å²) in [6.45, 7) is 7.98. The minimum atomic E-state index is 0.776. The third-order valence-corrected chi connectivity index (χ3v) is 2.97. The molecule has 0 aliphatic carbocycles. The van der Waals surface area contributed by atoms with E-state index in [9.17, 15) is 0 Å². The van der Waals surface area contributed by atoms with Crippen LogP contribution in [0.4, 0.5) is 0 Å². The number of aryl methyl sites for hydroxylation is 1. The van der Waals surface area contributed by atoms with Gasteiger partial charge in [-0.15, -0.1) is 0 Å². The third-order valence-electron chi connectivity index (χ3n) is 2.56. The lowest BCUT2D eigenvalue weighted by atomic mass is 10.00. The van der Waals surface area contributed by atoms with Crippen molar-refractivity contribution in [1.82, 2.24) is 4.98 Å². The maximum atomic E-state index is 6.11. The van der Waals surface area contributed by atoms with Crippen LogP contribution >= 0.6 is 11.6 Å². The molecule has 1 aromatic heterocycles. The highest BCUT2D eigenvalue weighted by Crippen LogP contribution is 2.29. The van der Waals surface area contributed by atoms with Crippen molar-refractivity contribution in [3.8, 4) is 0 Å². The standard InChI is InChI=1S/C13H12ClN/c1-8(2)10-6-7-15-12-5-4-11(14)9(3)13(10)12/h4-7H,1H2,2-3H3. The first-order chi connectivity index (χ1) is 7.11. The van der Waals surface area contributed by atoms with Gasteiger partial charge in [0.05, 0.1) is 5.52 Å². The number of allylic oxidation sites excluding steroid dienone is 1. The van der Waals surface area contributed by atoms with Gasteiger partial charge < -0.3 is 0 Å². The molecule has 2 heteroatoms. The van der Waals surface area contributed by atoms with Crippen LogP contribution < -0.4 is 0 Å². The molecule has 0 N–H and O–H groups in total. The molecule has 76 valence electrons. The second kappa shape index (κ2) is 3.67. The predicted octanol–water partition coefficient (Wildman–Crippen LogP) is 4.23. The number of rotatable bonds is 1. The molecule has 0 unspecified atom stereocenters. The number of hydrogen-bond donors (Lipinski definition) is 0. The quantitative estimate of drug-likeness (QED) is 0.697. The van der Waals surface area contributed by atoms with Gasteiger partial charge in [0.15, 0.2) is 0 Å². The maximum absolute atomic E-state index is 6.11. The van der Waals surface area contributed by atoms with Crippen molar-refractivity contribution < 1.29 is 0 Å². The summed E-state index contributed by atoms with van der Waals surface area (Å²) >= 11 is 6.11. The van der Waals surface area contributed by atoms with Gasteiger partial charge >= 0.3 is 0 Å². The summed E-state index contributed by atoms with van der Waals surface area (Å²) in [6.07, 6.45) is 1.81. The molecule has 0 aliphatic heterocycles. The minimum Gasteiger partial charge on any atom is -0.256 e. The lowest BCUT2D eigenvalue weighted by Crippen LogP contribution is -1.89. The molecule has 0 amide bonds. The fourth-order valence-corrected chi connectivity index (χ4v) is 1.91. The summed E-state index contributed by atoms with van der Waals surface area (Å²) < 4.78 is 0. The zero-order valence-electron chi connectivity index (χ0n) is 8.84. The van der Waals surface area contributed by atoms with Crippen molar-refractivity contribution >= 4 is 28.1 Å². The Balaban J connectivity index is 2.94. The van der Waals surface area contributed by atoms with E-state index in [1.54, 1.807) is 6.20 Å². The van der Waals surface area contributed by atoms with Crippen LogP contribution in [0, 0.1) is 6.92 Å². The first-order valence-corrected chi connectivity index (χ1v) is 5.18. The second-order valence-electron chi connectivity index (χ2n) is 3.71. The van der Waals surface area contributed by atoms with Crippen LogP contribution in [0.5, 0.6) is 0 Å². The Hall–Kier alpha value is -1.34. The van der Waals surface area contributed by atoms with Crippen LogP contribution in [0.3, 0.4) is 0 Å². The Kier molecular flexibility index (Phi) is 2.49. The third kappa shape index (κ3) is 1.64. The van der Waals surface area contributed by atoms with E-state index in [-0.39, 0.29) is 0 Å². The average molecular weight is 218 g/mol. The Morgan fingerprint density at radius 1 is 1.33 bits per heavy atom. The van der Waals surface area contributed by atoms with Gasteiger partial charge in [0, 0.05) is 16.6 Å². The minimum absolute atomic E-state index is 0.776. The van der Waals surface area contributed by atoms with E-state index < -0.39 is 0 Å².